The van der Waals surface area contributed by atoms with E-state index in [0.717, 1.165) is 12.8 Å². The topological polar surface area (TPSA) is 76.2 Å². The standard InChI is InChI=1S/C14H28N2O2/c1-2-3-4-5-6-7-8-9-10-11-18-14(17)12-13(15)16/h2-12H2,1H3,(H3,15,16). The van der Waals surface area contributed by atoms with Crippen molar-refractivity contribution in [2.45, 2.75) is 71.1 Å². The molecule has 0 saturated heterocycles. The second kappa shape index (κ2) is 12.4. The minimum atomic E-state index is -0.387. The zero-order valence-corrected chi connectivity index (χ0v) is 11.7. The van der Waals surface area contributed by atoms with Crippen molar-refractivity contribution in [3.8, 4) is 0 Å². The number of nitrogens with one attached hydrogen (secondary N) is 1. The summed E-state index contributed by atoms with van der Waals surface area (Å²) < 4.78 is 4.95. The normalized spacial score (nSPS) is 10.3. The average molecular weight is 256 g/mol. The van der Waals surface area contributed by atoms with E-state index in [1.165, 1.54) is 44.9 Å². The van der Waals surface area contributed by atoms with Gasteiger partial charge in [0.15, 0.2) is 0 Å². The van der Waals surface area contributed by atoms with Crippen LogP contribution in [0.2, 0.25) is 0 Å². The SMILES string of the molecule is CCCCCCCCCCCOC(=O)CC(=N)N. The summed E-state index contributed by atoms with van der Waals surface area (Å²) in [7, 11) is 0. The maximum absolute atomic E-state index is 11.0. The third-order valence-corrected chi connectivity index (χ3v) is 2.85. The van der Waals surface area contributed by atoms with Crippen LogP contribution in [0, 0.1) is 5.41 Å². The van der Waals surface area contributed by atoms with Crippen LogP contribution in [0.4, 0.5) is 0 Å². The van der Waals surface area contributed by atoms with Gasteiger partial charge in [0.2, 0.25) is 0 Å². The molecule has 18 heavy (non-hydrogen) atoms. The fourth-order valence-electron chi connectivity index (χ4n) is 1.81. The molecule has 0 unspecified atom stereocenters. The van der Waals surface area contributed by atoms with Gasteiger partial charge in [-0.3, -0.25) is 10.2 Å². The molecule has 0 radical (unpaired) electrons. The van der Waals surface area contributed by atoms with Crippen molar-refractivity contribution < 1.29 is 9.53 Å². The van der Waals surface area contributed by atoms with E-state index in [2.05, 4.69) is 6.92 Å². The number of amidine groups is 1. The number of nitrogens with two attached hydrogens (primary N) is 1. The Labute approximate surface area is 111 Å². The van der Waals surface area contributed by atoms with Gasteiger partial charge < -0.3 is 10.5 Å². The molecule has 0 aromatic carbocycles. The monoisotopic (exact) mass is 256 g/mol. The fraction of sp³-hybridized carbons (Fsp3) is 0.857. The van der Waals surface area contributed by atoms with Crippen LogP contribution in [-0.4, -0.2) is 18.4 Å². The van der Waals surface area contributed by atoms with Crippen molar-refractivity contribution in [3.05, 3.63) is 0 Å². The highest BCUT2D eigenvalue weighted by Crippen LogP contribution is 2.09. The lowest BCUT2D eigenvalue weighted by Gasteiger charge is -2.04. The van der Waals surface area contributed by atoms with Crippen LogP contribution in [0.3, 0.4) is 0 Å². The summed E-state index contributed by atoms with van der Waals surface area (Å²) in [5, 5.41) is 6.94. The lowest BCUT2D eigenvalue weighted by atomic mass is 10.1. The molecule has 0 spiro atoms. The third kappa shape index (κ3) is 13.0. The van der Waals surface area contributed by atoms with E-state index in [0.29, 0.717) is 6.61 Å². The zero-order chi connectivity index (χ0) is 13.6. The Morgan fingerprint density at radius 3 is 2.00 bits per heavy atom. The van der Waals surface area contributed by atoms with Gasteiger partial charge in [-0.25, -0.2) is 0 Å². The number of rotatable bonds is 12. The fourth-order valence-corrected chi connectivity index (χ4v) is 1.81. The van der Waals surface area contributed by atoms with Gasteiger partial charge in [-0.05, 0) is 6.42 Å². The molecule has 0 fully saturated rings. The Bertz CT molecular complexity index is 230. The van der Waals surface area contributed by atoms with Crippen LogP contribution < -0.4 is 5.73 Å². The number of ether oxygens (including phenoxy) is 1. The first kappa shape index (κ1) is 16.9. The first-order valence-corrected chi connectivity index (χ1v) is 7.15. The largest absolute Gasteiger partial charge is 0.465 e. The molecule has 106 valence electrons. The van der Waals surface area contributed by atoms with E-state index in [-0.39, 0.29) is 18.2 Å². The molecule has 0 atom stereocenters. The lowest BCUT2D eigenvalue weighted by molar-refractivity contribution is -0.142. The highest BCUT2D eigenvalue weighted by molar-refractivity contribution is 5.94. The quantitative estimate of drug-likeness (QED) is 0.243. The van der Waals surface area contributed by atoms with Gasteiger partial charge in [-0.2, -0.15) is 0 Å². The number of carbonyl (C=O) groups is 1. The summed E-state index contributed by atoms with van der Waals surface area (Å²) in [6.45, 7) is 2.69. The van der Waals surface area contributed by atoms with Gasteiger partial charge in [0.05, 0.1) is 6.61 Å². The Balaban J connectivity index is 3.11. The molecule has 4 nitrogen and oxygen atoms in total. The van der Waals surface area contributed by atoms with Gasteiger partial charge in [-0.15, -0.1) is 0 Å². The first-order valence-electron chi connectivity index (χ1n) is 7.15. The molecule has 0 rings (SSSR count). The summed E-state index contributed by atoms with van der Waals surface area (Å²) in [5.41, 5.74) is 5.10. The van der Waals surface area contributed by atoms with Crippen molar-refractivity contribution in [1.82, 2.24) is 0 Å². The molecule has 0 aromatic heterocycles. The summed E-state index contributed by atoms with van der Waals surface area (Å²) in [5.74, 6) is -0.519. The third-order valence-electron chi connectivity index (χ3n) is 2.85. The van der Waals surface area contributed by atoms with E-state index in [1.807, 2.05) is 0 Å². The van der Waals surface area contributed by atoms with E-state index in [1.54, 1.807) is 0 Å². The predicted octanol–water partition coefficient (Wildman–Crippen LogP) is 3.39. The second-order valence-electron chi connectivity index (χ2n) is 4.75. The lowest BCUT2D eigenvalue weighted by Crippen LogP contribution is -2.17. The summed E-state index contributed by atoms with van der Waals surface area (Å²) >= 11 is 0. The maximum Gasteiger partial charge on any atom is 0.313 e. The minimum Gasteiger partial charge on any atom is -0.465 e. The van der Waals surface area contributed by atoms with Crippen molar-refractivity contribution in [1.29, 1.82) is 5.41 Å². The average Bonchev–Trinajstić information content (AvgIpc) is 2.30. The van der Waals surface area contributed by atoms with E-state index < -0.39 is 0 Å². The van der Waals surface area contributed by atoms with Crippen molar-refractivity contribution >= 4 is 11.8 Å². The number of hydrogen-bond acceptors (Lipinski definition) is 3. The smallest absolute Gasteiger partial charge is 0.313 e. The Kier molecular flexibility index (Phi) is 11.7. The zero-order valence-electron chi connectivity index (χ0n) is 11.7. The summed E-state index contributed by atoms with van der Waals surface area (Å²) in [4.78, 5) is 11.0. The number of carbonyl (C=O) groups excluding carboxylic acids is 1. The highest BCUT2D eigenvalue weighted by Gasteiger charge is 2.03. The van der Waals surface area contributed by atoms with Crippen molar-refractivity contribution in [2.75, 3.05) is 6.61 Å². The number of unbranched alkanes of at least 4 members (excludes halogenated alkanes) is 8. The molecule has 0 heterocycles. The van der Waals surface area contributed by atoms with E-state index >= 15 is 0 Å². The molecular formula is C14H28N2O2. The van der Waals surface area contributed by atoms with Crippen LogP contribution in [0.15, 0.2) is 0 Å². The van der Waals surface area contributed by atoms with Gasteiger partial charge >= 0.3 is 5.97 Å². The minimum absolute atomic E-state index is 0.0859. The molecule has 0 amide bonds. The Morgan fingerprint density at radius 2 is 1.50 bits per heavy atom. The second-order valence-corrected chi connectivity index (χ2v) is 4.75. The predicted molar refractivity (Wildman–Crippen MR) is 74.7 cm³/mol. The van der Waals surface area contributed by atoms with Crippen molar-refractivity contribution in [3.63, 3.8) is 0 Å². The van der Waals surface area contributed by atoms with Gasteiger partial charge in [0.25, 0.3) is 0 Å². The van der Waals surface area contributed by atoms with Gasteiger partial charge in [-0.1, -0.05) is 58.3 Å². The van der Waals surface area contributed by atoms with Crippen LogP contribution in [0.25, 0.3) is 0 Å². The van der Waals surface area contributed by atoms with E-state index in [4.69, 9.17) is 15.9 Å². The van der Waals surface area contributed by atoms with Crippen LogP contribution in [0.1, 0.15) is 71.1 Å². The molecule has 4 heteroatoms. The molecule has 0 saturated carbocycles. The summed E-state index contributed by atoms with van der Waals surface area (Å²) in [6.07, 6.45) is 11.1. The van der Waals surface area contributed by atoms with Crippen molar-refractivity contribution in [2.24, 2.45) is 5.73 Å². The van der Waals surface area contributed by atoms with Crippen LogP contribution >= 0.6 is 0 Å². The Hall–Kier alpha value is -1.06. The molecule has 0 aliphatic rings. The molecular weight excluding hydrogens is 228 g/mol. The Morgan fingerprint density at radius 1 is 1.00 bits per heavy atom. The summed E-state index contributed by atoms with van der Waals surface area (Å²) in [6, 6.07) is 0. The molecule has 3 N–H and O–H groups in total. The van der Waals surface area contributed by atoms with E-state index in [9.17, 15) is 4.79 Å². The molecule has 0 aromatic rings. The van der Waals surface area contributed by atoms with Crippen LogP contribution in [-0.2, 0) is 9.53 Å². The molecule has 0 aliphatic carbocycles. The molecule has 0 aliphatic heterocycles. The maximum atomic E-state index is 11.0. The van der Waals surface area contributed by atoms with Gasteiger partial charge in [0.1, 0.15) is 12.3 Å². The molecule has 0 bridgehead atoms. The number of esters is 1. The van der Waals surface area contributed by atoms with Crippen LogP contribution in [0.5, 0.6) is 0 Å². The van der Waals surface area contributed by atoms with Gasteiger partial charge in [0, 0.05) is 0 Å². The highest BCUT2D eigenvalue weighted by atomic mass is 16.5. The first-order chi connectivity index (χ1) is 8.66. The number of hydrogen-bond donors (Lipinski definition) is 2.